The van der Waals surface area contributed by atoms with Crippen LogP contribution in [0.2, 0.25) is 0 Å². The van der Waals surface area contributed by atoms with Crippen LogP contribution in [-0.2, 0) is 21.3 Å². The Bertz CT molecular complexity index is 1120. The number of rotatable bonds is 8. The standard InChI is InChI=1S/C21H21N3O5S/c1-28-18-6-4-17(5-7-18)24-30(26,27)20-13-16(21(25)29-2)3-8-19(20)23-14-15-9-11-22-12-10-15/h3-13,23-24H,14H2,1-2H3. The molecule has 0 radical (unpaired) electrons. The van der Waals surface area contributed by atoms with Crippen molar-refractivity contribution in [3.63, 3.8) is 0 Å². The fraction of sp³-hybridized carbons (Fsp3) is 0.143. The van der Waals surface area contributed by atoms with Gasteiger partial charge in [0.05, 0.1) is 25.5 Å². The zero-order valence-corrected chi connectivity index (χ0v) is 17.3. The number of methoxy groups -OCH3 is 2. The third kappa shape index (κ3) is 5.06. The van der Waals surface area contributed by atoms with Gasteiger partial charge < -0.3 is 14.8 Å². The Morgan fingerprint density at radius 3 is 2.33 bits per heavy atom. The van der Waals surface area contributed by atoms with E-state index in [0.29, 0.717) is 23.7 Å². The first kappa shape index (κ1) is 21.1. The normalized spacial score (nSPS) is 10.9. The average molecular weight is 427 g/mol. The van der Waals surface area contributed by atoms with Gasteiger partial charge in [-0.15, -0.1) is 0 Å². The van der Waals surface area contributed by atoms with Gasteiger partial charge in [0.15, 0.2) is 0 Å². The number of hydrogen-bond donors (Lipinski definition) is 2. The number of carbonyl (C=O) groups excluding carboxylic acids is 1. The van der Waals surface area contributed by atoms with Gasteiger partial charge >= 0.3 is 5.97 Å². The molecule has 156 valence electrons. The van der Waals surface area contributed by atoms with Crippen LogP contribution in [0, 0.1) is 0 Å². The van der Waals surface area contributed by atoms with Crippen molar-refractivity contribution >= 4 is 27.4 Å². The Morgan fingerprint density at radius 1 is 1.00 bits per heavy atom. The van der Waals surface area contributed by atoms with E-state index in [2.05, 4.69) is 15.0 Å². The van der Waals surface area contributed by atoms with Crippen LogP contribution in [0.4, 0.5) is 11.4 Å². The highest BCUT2D eigenvalue weighted by molar-refractivity contribution is 7.92. The molecule has 0 unspecified atom stereocenters. The van der Waals surface area contributed by atoms with E-state index in [4.69, 9.17) is 9.47 Å². The van der Waals surface area contributed by atoms with Crippen molar-refractivity contribution in [1.29, 1.82) is 0 Å². The van der Waals surface area contributed by atoms with Crippen LogP contribution in [0.5, 0.6) is 5.75 Å². The van der Waals surface area contributed by atoms with Crippen molar-refractivity contribution in [2.75, 3.05) is 24.3 Å². The molecule has 1 heterocycles. The molecule has 2 N–H and O–H groups in total. The molecule has 0 saturated carbocycles. The summed E-state index contributed by atoms with van der Waals surface area (Å²) < 4.78 is 38.5. The van der Waals surface area contributed by atoms with Gasteiger partial charge in [-0.3, -0.25) is 9.71 Å². The Labute approximate surface area is 174 Å². The van der Waals surface area contributed by atoms with Gasteiger partial charge in [-0.25, -0.2) is 13.2 Å². The SMILES string of the molecule is COC(=O)c1ccc(NCc2ccncc2)c(S(=O)(=O)Nc2ccc(OC)cc2)c1. The maximum atomic E-state index is 13.1. The summed E-state index contributed by atoms with van der Waals surface area (Å²) in [7, 11) is -1.24. The first-order valence-electron chi connectivity index (χ1n) is 8.95. The van der Waals surface area contributed by atoms with Crippen LogP contribution in [-0.4, -0.2) is 33.6 Å². The lowest BCUT2D eigenvalue weighted by atomic mass is 10.2. The monoisotopic (exact) mass is 427 g/mol. The first-order valence-corrected chi connectivity index (χ1v) is 10.4. The Balaban J connectivity index is 1.94. The number of hydrogen-bond acceptors (Lipinski definition) is 7. The van der Waals surface area contributed by atoms with Gasteiger partial charge in [0.2, 0.25) is 0 Å². The molecule has 1 aromatic heterocycles. The lowest BCUT2D eigenvalue weighted by Crippen LogP contribution is -2.16. The van der Waals surface area contributed by atoms with E-state index in [0.717, 1.165) is 5.56 Å². The van der Waals surface area contributed by atoms with Crippen LogP contribution >= 0.6 is 0 Å². The Kier molecular flexibility index (Phi) is 6.53. The Morgan fingerprint density at radius 2 is 1.70 bits per heavy atom. The number of aromatic nitrogens is 1. The quantitative estimate of drug-likeness (QED) is 0.531. The smallest absolute Gasteiger partial charge is 0.337 e. The van der Waals surface area contributed by atoms with Gasteiger partial charge in [0.25, 0.3) is 10.0 Å². The minimum Gasteiger partial charge on any atom is -0.497 e. The second-order valence-electron chi connectivity index (χ2n) is 6.25. The number of esters is 1. The molecule has 0 aliphatic rings. The summed E-state index contributed by atoms with van der Waals surface area (Å²) >= 11 is 0. The van der Waals surface area contributed by atoms with Crippen LogP contribution < -0.4 is 14.8 Å². The number of sulfonamides is 1. The molecule has 9 heteroatoms. The summed E-state index contributed by atoms with van der Waals surface area (Å²) in [6, 6.07) is 14.4. The van der Waals surface area contributed by atoms with E-state index in [1.807, 2.05) is 12.1 Å². The predicted molar refractivity (Wildman–Crippen MR) is 113 cm³/mol. The van der Waals surface area contributed by atoms with E-state index in [-0.39, 0.29) is 10.5 Å². The number of anilines is 2. The molecular weight excluding hydrogens is 406 g/mol. The number of carbonyl (C=O) groups is 1. The molecule has 2 aromatic carbocycles. The van der Waals surface area contributed by atoms with Gasteiger partial charge in [0.1, 0.15) is 10.6 Å². The van der Waals surface area contributed by atoms with Gasteiger partial charge in [0, 0.05) is 24.6 Å². The molecule has 0 spiro atoms. The third-order valence-electron chi connectivity index (χ3n) is 4.27. The number of benzene rings is 2. The fourth-order valence-corrected chi connectivity index (χ4v) is 3.97. The van der Waals surface area contributed by atoms with Crippen molar-refractivity contribution < 1.29 is 22.7 Å². The summed E-state index contributed by atoms with van der Waals surface area (Å²) in [5.41, 5.74) is 1.76. The van der Waals surface area contributed by atoms with E-state index in [1.165, 1.54) is 32.4 Å². The lowest BCUT2D eigenvalue weighted by molar-refractivity contribution is 0.0600. The highest BCUT2D eigenvalue weighted by Gasteiger charge is 2.21. The minimum atomic E-state index is -4.01. The van der Waals surface area contributed by atoms with Crippen LogP contribution in [0.15, 0.2) is 71.9 Å². The molecule has 8 nitrogen and oxygen atoms in total. The molecule has 0 atom stereocenters. The van der Waals surface area contributed by atoms with Crippen molar-refractivity contribution in [2.24, 2.45) is 0 Å². The zero-order chi connectivity index (χ0) is 21.6. The number of pyridine rings is 1. The van der Waals surface area contributed by atoms with Crippen LogP contribution in [0.1, 0.15) is 15.9 Å². The summed E-state index contributed by atoms with van der Waals surface area (Å²) in [6.45, 7) is 0.380. The highest BCUT2D eigenvalue weighted by atomic mass is 32.2. The van der Waals surface area contributed by atoms with E-state index in [1.54, 1.807) is 36.7 Å². The molecule has 0 saturated heterocycles. The van der Waals surface area contributed by atoms with Gasteiger partial charge in [-0.1, -0.05) is 0 Å². The number of ether oxygens (including phenoxy) is 2. The molecule has 0 aliphatic heterocycles. The second-order valence-corrected chi connectivity index (χ2v) is 7.90. The maximum Gasteiger partial charge on any atom is 0.337 e. The summed E-state index contributed by atoms with van der Waals surface area (Å²) in [6.07, 6.45) is 3.31. The summed E-state index contributed by atoms with van der Waals surface area (Å²) in [4.78, 5) is 15.8. The van der Waals surface area contributed by atoms with Crippen molar-refractivity contribution in [2.45, 2.75) is 11.4 Å². The number of nitrogens with one attached hydrogen (secondary N) is 2. The van der Waals surface area contributed by atoms with Crippen LogP contribution in [0.25, 0.3) is 0 Å². The molecule has 3 aromatic rings. The molecule has 3 rings (SSSR count). The minimum absolute atomic E-state index is 0.0738. The lowest BCUT2D eigenvalue weighted by Gasteiger charge is -2.15. The largest absolute Gasteiger partial charge is 0.497 e. The number of nitrogens with zero attached hydrogens (tertiary/aromatic N) is 1. The van der Waals surface area contributed by atoms with Crippen LogP contribution in [0.3, 0.4) is 0 Å². The van der Waals surface area contributed by atoms with Gasteiger partial charge in [-0.05, 0) is 60.2 Å². The third-order valence-corrected chi connectivity index (χ3v) is 5.69. The summed E-state index contributed by atoms with van der Waals surface area (Å²) in [5, 5.41) is 3.10. The fourth-order valence-electron chi connectivity index (χ4n) is 2.70. The predicted octanol–water partition coefficient (Wildman–Crippen LogP) is 3.29. The van der Waals surface area contributed by atoms with E-state index < -0.39 is 16.0 Å². The second kappa shape index (κ2) is 9.27. The highest BCUT2D eigenvalue weighted by Crippen LogP contribution is 2.27. The van der Waals surface area contributed by atoms with Crippen molar-refractivity contribution in [3.05, 3.63) is 78.1 Å². The Hall–Kier alpha value is -3.59. The molecule has 0 bridgehead atoms. The van der Waals surface area contributed by atoms with E-state index in [9.17, 15) is 13.2 Å². The van der Waals surface area contributed by atoms with Crippen molar-refractivity contribution in [1.82, 2.24) is 4.98 Å². The molecular formula is C21H21N3O5S. The first-order chi connectivity index (χ1) is 14.4. The van der Waals surface area contributed by atoms with Crippen molar-refractivity contribution in [3.8, 4) is 5.75 Å². The molecule has 0 aliphatic carbocycles. The zero-order valence-electron chi connectivity index (χ0n) is 16.5. The average Bonchev–Trinajstić information content (AvgIpc) is 2.78. The molecule has 0 amide bonds. The van der Waals surface area contributed by atoms with E-state index >= 15 is 0 Å². The summed E-state index contributed by atoms with van der Waals surface area (Å²) in [5.74, 6) is -0.0260. The molecule has 30 heavy (non-hydrogen) atoms. The molecule has 0 fully saturated rings. The maximum absolute atomic E-state index is 13.1. The van der Waals surface area contributed by atoms with Gasteiger partial charge in [-0.2, -0.15) is 0 Å². The topological polar surface area (TPSA) is 107 Å².